The third kappa shape index (κ3) is 2.44. The van der Waals surface area contributed by atoms with Crippen LogP contribution in [0.1, 0.15) is 25.6 Å². The van der Waals surface area contributed by atoms with E-state index < -0.39 is 11.5 Å². The van der Waals surface area contributed by atoms with E-state index in [9.17, 15) is 4.79 Å². The lowest BCUT2D eigenvalue weighted by Crippen LogP contribution is -2.37. The summed E-state index contributed by atoms with van der Waals surface area (Å²) in [7, 11) is 1.37. The van der Waals surface area contributed by atoms with E-state index in [2.05, 4.69) is 4.98 Å². The van der Waals surface area contributed by atoms with Crippen molar-refractivity contribution in [1.29, 1.82) is 0 Å². The number of nitrogens with zero attached hydrogens (tertiary/aromatic N) is 1. The van der Waals surface area contributed by atoms with E-state index in [4.69, 9.17) is 10.5 Å². The molecule has 1 aromatic heterocycles. The summed E-state index contributed by atoms with van der Waals surface area (Å²) in [6, 6.07) is 11.1. The SMILES string of the molecule is COC(=O)C(C)(C)[C@H](N)c1ccc2ccccc2n1. The van der Waals surface area contributed by atoms with Gasteiger partial charge in [0.15, 0.2) is 0 Å². The average Bonchev–Trinajstić information content (AvgIpc) is 2.44. The molecule has 0 aliphatic rings. The first-order valence-electron chi connectivity index (χ1n) is 6.16. The maximum Gasteiger partial charge on any atom is 0.313 e. The first kappa shape index (κ1) is 13.5. The van der Waals surface area contributed by atoms with E-state index in [0.29, 0.717) is 5.69 Å². The normalized spacial score (nSPS) is 13.3. The Morgan fingerprint density at radius 1 is 1.26 bits per heavy atom. The minimum absolute atomic E-state index is 0.338. The first-order valence-corrected chi connectivity index (χ1v) is 6.16. The maximum atomic E-state index is 11.8. The van der Waals surface area contributed by atoms with Crippen LogP contribution < -0.4 is 5.73 Å². The van der Waals surface area contributed by atoms with E-state index in [1.54, 1.807) is 13.8 Å². The molecule has 4 nitrogen and oxygen atoms in total. The van der Waals surface area contributed by atoms with Gasteiger partial charge in [0, 0.05) is 5.39 Å². The number of hydrogen-bond acceptors (Lipinski definition) is 4. The molecule has 0 aliphatic heterocycles. The monoisotopic (exact) mass is 258 g/mol. The van der Waals surface area contributed by atoms with E-state index in [0.717, 1.165) is 10.9 Å². The highest BCUT2D eigenvalue weighted by Gasteiger charge is 2.37. The van der Waals surface area contributed by atoms with Crippen LogP contribution in [-0.2, 0) is 9.53 Å². The summed E-state index contributed by atoms with van der Waals surface area (Å²) in [6.45, 7) is 3.53. The highest BCUT2D eigenvalue weighted by Crippen LogP contribution is 2.32. The molecule has 19 heavy (non-hydrogen) atoms. The van der Waals surface area contributed by atoms with Gasteiger partial charge < -0.3 is 10.5 Å². The fraction of sp³-hybridized carbons (Fsp3) is 0.333. The Labute approximate surface area is 112 Å². The van der Waals surface area contributed by atoms with Crippen LogP contribution >= 0.6 is 0 Å². The molecule has 0 saturated carbocycles. The zero-order valence-corrected chi connectivity index (χ0v) is 11.4. The molecule has 1 heterocycles. The van der Waals surface area contributed by atoms with Crippen molar-refractivity contribution in [3.63, 3.8) is 0 Å². The van der Waals surface area contributed by atoms with Gasteiger partial charge in [0.25, 0.3) is 0 Å². The number of carbonyl (C=O) groups is 1. The topological polar surface area (TPSA) is 65.2 Å². The average molecular weight is 258 g/mol. The largest absolute Gasteiger partial charge is 0.469 e. The van der Waals surface area contributed by atoms with Crippen molar-refractivity contribution in [3.05, 3.63) is 42.1 Å². The number of nitrogens with two attached hydrogens (primary N) is 1. The van der Waals surface area contributed by atoms with Gasteiger partial charge in [0.05, 0.1) is 29.8 Å². The van der Waals surface area contributed by atoms with Crippen LogP contribution in [-0.4, -0.2) is 18.1 Å². The highest BCUT2D eigenvalue weighted by molar-refractivity contribution is 5.79. The number of carbonyl (C=O) groups excluding carboxylic acids is 1. The second-order valence-corrected chi connectivity index (χ2v) is 5.12. The Morgan fingerprint density at radius 2 is 1.95 bits per heavy atom. The quantitative estimate of drug-likeness (QED) is 0.859. The standard InChI is InChI=1S/C15H18N2O2/c1-15(2,14(18)19-3)13(16)12-9-8-10-6-4-5-7-11(10)17-12/h4-9,13H,16H2,1-3H3/t13-/m1/s1. The zero-order valence-electron chi connectivity index (χ0n) is 11.4. The van der Waals surface area contributed by atoms with Gasteiger partial charge in [-0.25, -0.2) is 0 Å². The summed E-state index contributed by atoms with van der Waals surface area (Å²) >= 11 is 0. The van der Waals surface area contributed by atoms with Crippen LogP contribution in [0.25, 0.3) is 10.9 Å². The number of para-hydroxylation sites is 1. The molecule has 2 N–H and O–H groups in total. The fourth-order valence-corrected chi connectivity index (χ4v) is 2.01. The lowest BCUT2D eigenvalue weighted by atomic mass is 9.83. The van der Waals surface area contributed by atoms with Crippen LogP contribution in [0.5, 0.6) is 0 Å². The van der Waals surface area contributed by atoms with Crippen LogP contribution in [0.2, 0.25) is 0 Å². The lowest BCUT2D eigenvalue weighted by molar-refractivity contribution is -0.152. The van der Waals surface area contributed by atoms with Crippen molar-refractivity contribution in [2.45, 2.75) is 19.9 Å². The predicted molar refractivity (Wildman–Crippen MR) is 74.5 cm³/mol. The van der Waals surface area contributed by atoms with E-state index >= 15 is 0 Å². The van der Waals surface area contributed by atoms with Crippen molar-refractivity contribution in [1.82, 2.24) is 4.98 Å². The number of methoxy groups -OCH3 is 1. The number of benzene rings is 1. The summed E-state index contributed by atoms with van der Waals surface area (Å²) in [5.41, 5.74) is 6.92. The second-order valence-electron chi connectivity index (χ2n) is 5.12. The number of ether oxygens (including phenoxy) is 1. The summed E-state index contributed by atoms with van der Waals surface area (Å²) in [6.07, 6.45) is 0. The highest BCUT2D eigenvalue weighted by atomic mass is 16.5. The molecule has 0 fully saturated rings. The number of aromatic nitrogens is 1. The molecule has 0 radical (unpaired) electrons. The van der Waals surface area contributed by atoms with Gasteiger partial charge in [-0.15, -0.1) is 0 Å². The molecule has 0 bridgehead atoms. The van der Waals surface area contributed by atoms with Crippen molar-refractivity contribution >= 4 is 16.9 Å². The minimum atomic E-state index is -0.815. The summed E-state index contributed by atoms with van der Waals surface area (Å²) in [5, 5.41) is 1.05. The molecule has 2 rings (SSSR count). The molecule has 4 heteroatoms. The van der Waals surface area contributed by atoms with Crippen LogP contribution in [0.15, 0.2) is 36.4 Å². The molecular formula is C15H18N2O2. The van der Waals surface area contributed by atoms with Crippen LogP contribution in [0.3, 0.4) is 0 Å². The Kier molecular flexibility index (Phi) is 3.53. The van der Waals surface area contributed by atoms with Gasteiger partial charge in [0.2, 0.25) is 0 Å². The third-order valence-electron chi connectivity index (χ3n) is 3.43. The summed E-state index contributed by atoms with van der Waals surface area (Å²) in [4.78, 5) is 16.3. The third-order valence-corrected chi connectivity index (χ3v) is 3.43. The van der Waals surface area contributed by atoms with Crippen LogP contribution in [0, 0.1) is 5.41 Å². The Morgan fingerprint density at radius 3 is 2.63 bits per heavy atom. The molecule has 100 valence electrons. The van der Waals surface area contributed by atoms with Gasteiger partial charge in [0.1, 0.15) is 0 Å². The molecule has 0 amide bonds. The van der Waals surface area contributed by atoms with Gasteiger partial charge >= 0.3 is 5.97 Å². The predicted octanol–water partition coefficient (Wildman–Crippen LogP) is 2.43. The number of hydrogen-bond donors (Lipinski definition) is 1. The van der Waals surface area contributed by atoms with Gasteiger partial charge in [-0.05, 0) is 26.0 Å². The summed E-state index contributed by atoms with van der Waals surface area (Å²) in [5.74, 6) is -0.338. The van der Waals surface area contributed by atoms with Crippen molar-refractivity contribution in [2.24, 2.45) is 11.1 Å². The Hall–Kier alpha value is -1.94. The lowest BCUT2D eigenvalue weighted by Gasteiger charge is -2.28. The number of pyridine rings is 1. The summed E-state index contributed by atoms with van der Waals surface area (Å²) < 4.78 is 4.80. The zero-order chi connectivity index (χ0) is 14.0. The van der Waals surface area contributed by atoms with Crippen molar-refractivity contribution < 1.29 is 9.53 Å². The van der Waals surface area contributed by atoms with E-state index in [1.807, 2.05) is 36.4 Å². The molecule has 2 aromatic rings. The fourth-order valence-electron chi connectivity index (χ4n) is 2.01. The molecule has 0 unspecified atom stereocenters. The minimum Gasteiger partial charge on any atom is -0.469 e. The van der Waals surface area contributed by atoms with E-state index in [1.165, 1.54) is 7.11 Å². The van der Waals surface area contributed by atoms with Gasteiger partial charge in [-0.3, -0.25) is 9.78 Å². The van der Waals surface area contributed by atoms with Gasteiger partial charge in [-0.1, -0.05) is 24.3 Å². The van der Waals surface area contributed by atoms with Crippen LogP contribution in [0.4, 0.5) is 0 Å². The molecular weight excluding hydrogens is 240 g/mol. The second kappa shape index (κ2) is 4.97. The number of fused-ring (bicyclic) bond motifs is 1. The van der Waals surface area contributed by atoms with Crippen molar-refractivity contribution in [3.8, 4) is 0 Å². The van der Waals surface area contributed by atoms with Gasteiger partial charge in [-0.2, -0.15) is 0 Å². The molecule has 0 saturated heterocycles. The van der Waals surface area contributed by atoms with E-state index in [-0.39, 0.29) is 5.97 Å². The van der Waals surface area contributed by atoms with Crippen molar-refractivity contribution in [2.75, 3.05) is 7.11 Å². The smallest absolute Gasteiger partial charge is 0.313 e. The molecule has 0 spiro atoms. The number of rotatable bonds is 3. The Balaban J connectivity index is 2.41. The molecule has 1 atom stereocenters. The molecule has 0 aliphatic carbocycles. The Bertz CT molecular complexity index is 608. The molecule has 1 aromatic carbocycles. The number of esters is 1. The first-order chi connectivity index (χ1) is 8.96. The maximum absolute atomic E-state index is 11.8.